The third-order valence-corrected chi connectivity index (χ3v) is 1.75. The van der Waals surface area contributed by atoms with Crippen LogP contribution in [0.25, 0.3) is 0 Å². The summed E-state index contributed by atoms with van der Waals surface area (Å²) in [6, 6.07) is 0. The fourth-order valence-electron chi connectivity index (χ4n) is 1.10. The van der Waals surface area contributed by atoms with Crippen molar-refractivity contribution in [2.24, 2.45) is 0 Å². The lowest BCUT2D eigenvalue weighted by molar-refractivity contribution is -0.0482. The molecule has 0 aliphatic rings. The molecule has 0 aromatic carbocycles. The molecule has 0 spiro atoms. The molecule has 0 unspecified atom stereocenters. The Kier molecular flexibility index (Phi) is 8.08. The van der Waals surface area contributed by atoms with E-state index in [1.165, 1.54) is 0 Å². The van der Waals surface area contributed by atoms with Crippen LogP contribution in [0, 0.1) is 0 Å². The SMILES string of the molecule is CNCC(C)(C)OCCOCCOC. The average Bonchev–Trinajstić information content (AvgIpc) is 2.11. The van der Waals surface area contributed by atoms with Crippen LogP contribution in [-0.4, -0.2) is 52.7 Å². The first-order chi connectivity index (χ1) is 6.62. The van der Waals surface area contributed by atoms with Crippen LogP contribution in [0.2, 0.25) is 0 Å². The first-order valence-corrected chi connectivity index (χ1v) is 4.97. The molecule has 86 valence electrons. The molecule has 4 heteroatoms. The summed E-state index contributed by atoms with van der Waals surface area (Å²) in [5.74, 6) is 0. The lowest BCUT2D eigenvalue weighted by Crippen LogP contribution is -2.36. The van der Waals surface area contributed by atoms with Gasteiger partial charge in [-0.1, -0.05) is 0 Å². The van der Waals surface area contributed by atoms with Gasteiger partial charge in [0.1, 0.15) is 0 Å². The van der Waals surface area contributed by atoms with E-state index in [2.05, 4.69) is 19.2 Å². The smallest absolute Gasteiger partial charge is 0.0751 e. The highest BCUT2D eigenvalue weighted by molar-refractivity contribution is 4.70. The molecular weight excluding hydrogens is 182 g/mol. The minimum atomic E-state index is -0.126. The van der Waals surface area contributed by atoms with E-state index in [0.29, 0.717) is 26.4 Å². The van der Waals surface area contributed by atoms with Crippen LogP contribution < -0.4 is 5.32 Å². The molecule has 0 amide bonds. The van der Waals surface area contributed by atoms with Gasteiger partial charge in [0.25, 0.3) is 0 Å². The van der Waals surface area contributed by atoms with E-state index >= 15 is 0 Å². The number of ether oxygens (including phenoxy) is 3. The van der Waals surface area contributed by atoms with Crippen molar-refractivity contribution in [3.05, 3.63) is 0 Å². The largest absolute Gasteiger partial charge is 0.382 e. The topological polar surface area (TPSA) is 39.7 Å². The van der Waals surface area contributed by atoms with E-state index in [1.807, 2.05) is 7.05 Å². The minimum absolute atomic E-state index is 0.126. The summed E-state index contributed by atoms with van der Waals surface area (Å²) >= 11 is 0. The Hall–Kier alpha value is -0.160. The van der Waals surface area contributed by atoms with Gasteiger partial charge in [0.2, 0.25) is 0 Å². The fourth-order valence-corrected chi connectivity index (χ4v) is 1.10. The normalized spacial score (nSPS) is 12.0. The van der Waals surface area contributed by atoms with E-state index in [-0.39, 0.29) is 5.60 Å². The molecule has 0 aliphatic carbocycles. The zero-order chi connectivity index (χ0) is 10.9. The Labute approximate surface area is 86.9 Å². The van der Waals surface area contributed by atoms with Crippen LogP contribution in [0.15, 0.2) is 0 Å². The number of rotatable bonds is 9. The molecule has 0 saturated carbocycles. The molecular formula is C10H23NO3. The summed E-state index contributed by atoms with van der Waals surface area (Å²) in [5, 5.41) is 3.08. The molecule has 1 N–H and O–H groups in total. The second kappa shape index (κ2) is 8.17. The second-order valence-electron chi connectivity index (χ2n) is 3.74. The highest BCUT2D eigenvalue weighted by Gasteiger charge is 2.16. The van der Waals surface area contributed by atoms with E-state index in [9.17, 15) is 0 Å². The van der Waals surface area contributed by atoms with Gasteiger partial charge in [-0.3, -0.25) is 0 Å². The van der Waals surface area contributed by atoms with Gasteiger partial charge in [-0.05, 0) is 20.9 Å². The van der Waals surface area contributed by atoms with Gasteiger partial charge in [0.15, 0.2) is 0 Å². The van der Waals surface area contributed by atoms with E-state index < -0.39 is 0 Å². The van der Waals surface area contributed by atoms with Crippen molar-refractivity contribution < 1.29 is 14.2 Å². The van der Waals surface area contributed by atoms with E-state index in [0.717, 1.165) is 6.54 Å². The van der Waals surface area contributed by atoms with Gasteiger partial charge in [-0.2, -0.15) is 0 Å². The Morgan fingerprint density at radius 3 is 2.29 bits per heavy atom. The quantitative estimate of drug-likeness (QED) is 0.561. The molecule has 0 saturated heterocycles. The lowest BCUT2D eigenvalue weighted by atomic mass is 10.1. The van der Waals surface area contributed by atoms with E-state index in [4.69, 9.17) is 14.2 Å². The van der Waals surface area contributed by atoms with Gasteiger partial charge >= 0.3 is 0 Å². The maximum absolute atomic E-state index is 5.62. The van der Waals surface area contributed by atoms with Crippen LogP contribution in [0.3, 0.4) is 0 Å². The Morgan fingerprint density at radius 1 is 1.07 bits per heavy atom. The van der Waals surface area contributed by atoms with Crippen LogP contribution >= 0.6 is 0 Å². The zero-order valence-electron chi connectivity index (χ0n) is 9.76. The molecule has 0 aromatic rings. The standard InChI is InChI=1S/C10H23NO3/c1-10(2,9-11-3)14-8-7-13-6-5-12-4/h11H,5-9H2,1-4H3. The number of nitrogens with one attached hydrogen (secondary N) is 1. The van der Waals surface area contributed by atoms with Crippen molar-refractivity contribution in [2.75, 3.05) is 47.1 Å². The molecule has 14 heavy (non-hydrogen) atoms. The highest BCUT2D eigenvalue weighted by Crippen LogP contribution is 2.06. The highest BCUT2D eigenvalue weighted by atomic mass is 16.5. The third-order valence-electron chi connectivity index (χ3n) is 1.75. The molecule has 0 aliphatic heterocycles. The molecule has 0 fully saturated rings. The summed E-state index contributed by atoms with van der Waals surface area (Å²) in [7, 11) is 3.58. The average molecular weight is 205 g/mol. The number of likely N-dealkylation sites (N-methyl/N-ethyl adjacent to an activating group) is 1. The first kappa shape index (κ1) is 13.8. The lowest BCUT2D eigenvalue weighted by Gasteiger charge is -2.24. The molecule has 4 nitrogen and oxygen atoms in total. The molecule has 0 radical (unpaired) electrons. The van der Waals surface area contributed by atoms with Crippen molar-refractivity contribution in [2.45, 2.75) is 19.4 Å². The number of methoxy groups -OCH3 is 1. The van der Waals surface area contributed by atoms with Gasteiger partial charge in [0, 0.05) is 13.7 Å². The second-order valence-corrected chi connectivity index (χ2v) is 3.74. The molecule has 0 heterocycles. The zero-order valence-corrected chi connectivity index (χ0v) is 9.76. The predicted octanol–water partition coefficient (Wildman–Crippen LogP) is 0.664. The summed E-state index contributed by atoms with van der Waals surface area (Å²) in [6.45, 7) is 7.46. The van der Waals surface area contributed by atoms with Crippen LogP contribution in [0.5, 0.6) is 0 Å². The number of hydrogen-bond acceptors (Lipinski definition) is 4. The van der Waals surface area contributed by atoms with Gasteiger partial charge in [0.05, 0.1) is 32.0 Å². The van der Waals surface area contributed by atoms with Crippen LogP contribution in [0.1, 0.15) is 13.8 Å². The summed E-state index contributed by atoms with van der Waals surface area (Å²) in [5.41, 5.74) is -0.126. The van der Waals surface area contributed by atoms with Crippen molar-refractivity contribution in [1.82, 2.24) is 5.32 Å². The Bertz CT molecular complexity index is 129. The van der Waals surface area contributed by atoms with Gasteiger partial charge < -0.3 is 19.5 Å². The summed E-state index contributed by atoms with van der Waals surface area (Å²) < 4.78 is 15.8. The Morgan fingerprint density at radius 2 is 1.71 bits per heavy atom. The first-order valence-electron chi connectivity index (χ1n) is 4.97. The van der Waals surface area contributed by atoms with Crippen molar-refractivity contribution in [3.63, 3.8) is 0 Å². The van der Waals surface area contributed by atoms with Crippen LogP contribution in [0.4, 0.5) is 0 Å². The van der Waals surface area contributed by atoms with Crippen molar-refractivity contribution in [3.8, 4) is 0 Å². The maximum Gasteiger partial charge on any atom is 0.0751 e. The minimum Gasteiger partial charge on any atom is -0.382 e. The van der Waals surface area contributed by atoms with Crippen molar-refractivity contribution in [1.29, 1.82) is 0 Å². The van der Waals surface area contributed by atoms with Gasteiger partial charge in [-0.15, -0.1) is 0 Å². The molecule has 0 atom stereocenters. The van der Waals surface area contributed by atoms with Crippen molar-refractivity contribution >= 4 is 0 Å². The fraction of sp³-hybridized carbons (Fsp3) is 1.00. The molecule has 0 bridgehead atoms. The third kappa shape index (κ3) is 8.44. The summed E-state index contributed by atoms with van der Waals surface area (Å²) in [4.78, 5) is 0. The number of hydrogen-bond donors (Lipinski definition) is 1. The van der Waals surface area contributed by atoms with Gasteiger partial charge in [-0.25, -0.2) is 0 Å². The van der Waals surface area contributed by atoms with E-state index in [1.54, 1.807) is 7.11 Å². The monoisotopic (exact) mass is 205 g/mol. The Balaban J connectivity index is 3.26. The van der Waals surface area contributed by atoms with Crippen LogP contribution in [-0.2, 0) is 14.2 Å². The molecule has 0 rings (SSSR count). The summed E-state index contributed by atoms with van der Waals surface area (Å²) in [6.07, 6.45) is 0. The maximum atomic E-state index is 5.62. The molecule has 0 aromatic heterocycles. The predicted molar refractivity (Wildman–Crippen MR) is 56.7 cm³/mol.